The van der Waals surface area contributed by atoms with Gasteiger partial charge in [0, 0.05) is 37.1 Å². The first kappa shape index (κ1) is 32.5. The number of hydrogen-bond acceptors (Lipinski definition) is 10. The van der Waals surface area contributed by atoms with Crippen LogP contribution < -0.4 is 15.4 Å². The standard InChI is InChI=1S/C34H36FN5O6S/c35-23-16-29(32(43)37-24-4-6-25(7-5-24)38-33(44)30-20-47-31(19-41)39-30)34(36-17-23)46-27-3-1-2-21(15-27)28-9-8-26(42)14-22(28)18-40-10-12-45-13-11-40/h1-3,8-9,14-17,20,24-25,41-42H,4-7,10-13,18-19H2,(H,37,43)(H,38,44). The van der Waals surface area contributed by atoms with Gasteiger partial charge in [-0.2, -0.15) is 0 Å². The van der Waals surface area contributed by atoms with Crippen molar-refractivity contribution >= 4 is 23.2 Å². The van der Waals surface area contributed by atoms with Crippen LogP contribution in [0.4, 0.5) is 4.39 Å². The fourth-order valence-corrected chi connectivity index (χ4v) is 6.53. The van der Waals surface area contributed by atoms with E-state index < -0.39 is 11.7 Å². The van der Waals surface area contributed by atoms with Gasteiger partial charge in [-0.05, 0) is 72.7 Å². The normalized spacial score (nSPS) is 18.4. The highest BCUT2D eigenvalue weighted by atomic mass is 32.1. The van der Waals surface area contributed by atoms with Crippen LogP contribution in [-0.2, 0) is 17.9 Å². The van der Waals surface area contributed by atoms with Crippen molar-refractivity contribution in [3.8, 4) is 28.5 Å². The number of ether oxygens (including phenoxy) is 2. The lowest BCUT2D eigenvalue weighted by atomic mass is 9.91. The molecule has 0 unspecified atom stereocenters. The lowest BCUT2D eigenvalue weighted by molar-refractivity contribution is 0.0342. The van der Waals surface area contributed by atoms with E-state index in [1.54, 1.807) is 23.6 Å². The third-order valence-electron chi connectivity index (χ3n) is 8.33. The summed E-state index contributed by atoms with van der Waals surface area (Å²) in [5.74, 6) is -0.868. The van der Waals surface area contributed by atoms with Crippen molar-refractivity contribution < 1.29 is 33.7 Å². The van der Waals surface area contributed by atoms with Gasteiger partial charge in [0.2, 0.25) is 5.88 Å². The molecule has 2 aromatic heterocycles. The number of phenols is 1. The number of pyridine rings is 1. The van der Waals surface area contributed by atoms with Crippen molar-refractivity contribution in [2.24, 2.45) is 0 Å². The van der Waals surface area contributed by atoms with Crippen LogP contribution in [0.3, 0.4) is 0 Å². The minimum absolute atomic E-state index is 0.0215. The first-order chi connectivity index (χ1) is 22.8. The molecule has 4 N–H and O–H groups in total. The van der Waals surface area contributed by atoms with Gasteiger partial charge in [0.05, 0.1) is 26.0 Å². The Hall–Kier alpha value is -4.43. The van der Waals surface area contributed by atoms with Gasteiger partial charge in [-0.1, -0.05) is 18.2 Å². The van der Waals surface area contributed by atoms with Gasteiger partial charge in [0.25, 0.3) is 11.8 Å². The molecule has 0 atom stereocenters. The average Bonchev–Trinajstić information content (AvgIpc) is 3.57. The number of nitrogens with one attached hydrogen (secondary N) is 2. The fourth-order valence-electron chi connectivity index (χ4n) is 5.89. The molecule has 2 amide bonds. The predicted molar refractivity (Wildman–Crippen MR) is 173 cm³/mol. The molecular weight excluding hydrogens is 625 g/mol. The van der Waals surface area contributed by atoms with Gasteiger partial charge < -0.3 is 30.3 Å². The zero-order valence-corrected chi connectivity index (χ0v) is 26.5. The highest BCUT2D eigenvalue weighted by Crippen LogP contribution is 2.33. The number of aliphatic hydroxyl groups is 1. The number of aliphatic hydroxyl groups excluding tert-OH is 1. The molecule has 1 aliphatic heterocycles. The number of phenolic OH excluding ortho intramolecular Hbond substituents is 1. The monoisotopic (exact) mass is 661 g/mol. The topological polar surface area (TPSA) is 146 Å². The van der Waals surface area contributed by atoms with E-state index >= 15 is 0 Å². The molecule has 2 fully saturated rings. The predicted octanol–water partition coefficient (Wildman–Crippen LogP) is 4.64. The number of carbonyl (C=O) groups is 2. The summed E-state index contributed by atoms with van der Waals surface area (Å²) < 4.78 is 25.9. The Kier molecular flexibility index (Phi) is 10.4. The second-order valence-corrected chi connectivity index (χ2v) is 12.6. The summed E-state index contributed by atoms with van der Waals surface area (Å²) >= 11 is 1.23. The third-order valence-corrected chi connectivity index (χ3v) is 9.16. The van der Waals surface area contributed by atoms with Crippen molar-refractivity contribution in [3.05, 3.63) is 87.8 Å². The van der Waals surface area contributed by atoms with Gasteiger partial charge in [-0.15, -0.1) is 11.3 Å². The van der Waals surface area contributed by atoms with Crippen molar-refractivity contribution in [1.82, 2.24) is 25.5 Å². The average molecular weight is 662 g/mol. The van der Waals surface area contributed by atoms with Crippen LogP contribution in [-0.4, -0.2) is 75.3 Å². The summed E-state index contributed by atoms with van der Waals surface area (Å²) in [7, 11) is 0. The molecule has 6 rings (SSSR count). The van der Waals surface area contributed by atoms with Crippen molar-refractivity contribution in [2.75, 3.05) is 26.3 Å². The third kappa shape index (κ3) is 8.30. The highest BCUT2D eigenvalue weighted by Gasteiger charge is 2.26. The van der Waals surface area contributed by atoms with Gasteiger partial charge >= 0.3 is 0 Å². The van der Waals surface area contributed by atoms with E-state index in [9.17, 15) is 24.2 Å². The Morgan fingerprint density at radius 1 is 1.02 bits per heavy atom. The maximum absolute atomic E-state index is 14.3. The summed E-state index contributed by atoms with van der Waals surface area (Å²) in [4.78, 5) is 36.4. The summed E-state index contributed by atoms with van der Waals surface area (Å²) in [6.45, 7) is 3.37. The summed E-state index contributed by atoms with van der Waals surface area (Å²) in [5.41, 5.74) is 3.00. The molecule has 1 saturated heterocycles. The summed E-state index contributed by atoms with van der Waals surface area (Å²) in [5, 5.41) is 27.5. The molecule has 47 heavy (non-hydrogen) atoms. The van der Waals surface area contributed by atoms with E-state index in [2.05, 4.69) is 25.5 Å². The van der Waals surface area contributed by atoms with E-state index in [0.29, 0.717) is 56.2 Å². The molecule has 0 radical (unpaired) electrons. The number of aromatic nitrogens is 2. The van der Waals surface area contributed by atoms with E-state index in [1.807, 2.05) is 24.3 Å². The molecule has 4 aromatic rings. The lowest BCUT2D eigenvalue weighted by Crippen LogP contribution is -2.44. The van der Waals surface area contributed by atoms with Gasteiger partial charge in [-0.3, -0.25) is 14.5 Å². The van der Waals surface area contributed by atoms with Crippen molar-refractivity contribution in [2.45, 2.75) is 50.9 Å². The van der Waals surface area contributed by atoms with Gasteiger partial charge in [0.15, 0.2) is 0 Å². The Balaban J connectivity index is 1.11. The first-order valence-corrected chi connectivity index (χ1v) is 16.5. The second kappa shape index (κ2) is 15.0. The Morgan fingerprint density at radius 2 is 1.77 bits per heavy atom. The number of thiazole rings is 1. The Labute approximate surface area is 275 Å². The molecule has 246 valence electrons. The number of halogens is 1. The fraction of sp³-hybridized carbons (Fsp3) is 0.353. The summed E-state index contributed by atoms with van der Waals surface area (Å²) in [6, 6.07) is 13.5. The molecule has 2 aromatic carbocycles. The summed E-state index contributed by atoms with van der Waals surface area (Å²) in [6.07, 6.45) is 3.55. The maximum atomic E-state index is 14.3. The SMILES string of the molecule is O=C(NC1CCC(NC(=O)c2cc(F)cnc2Oc2cccc(-c3ccc(O)cc3CN3CCOCC3)c2)CC1)c1csc(CO)n1. The minimum Gasteiger partial charge on any atom is -0.508 e. The number of nitrogens with zero attached hydrogens (tertiary/aromatic N) is 3. The van der Waals surface area contributed by atoms with Crippen molar-refractivity contribution in [1.29, 1.82) is 0 Å². The van der Waals surface area contributed by atoms with Crippen LogP contribution in [0, 0.1) is 5.82 Å². The molecule has 13 heteroatoms. The van der Waals surface area contributed by atoms with E-state index in [-0.39, 0.29) is 47.5 Å². The number of hydrogen-bond donors (Lipinski definition) is 4. The van der Waals surface area contributed by atoms with Gasteiger partial charge in [-0.25, -0.2) is 14.4 Å². The first-order valence-electron chi connectivity index (χ1n) is 15.6. The zero-order valence-electron chi connectivity index (χ0n) is 25.7. The lowest BCUT2D eigenvalue weighted by Gasteiger charge is -2.29. The molecule has 1 aliphatic carbocycles. The van der Waals surface area contributed by atoms with Crippen LogP contribution in [0.15, 0.2) is 60.1 Å². The van der Waals surface area contributed by atoms with Crippen LogP contribution in [0.1, 0.15) is 57.1 Å². The molecule has 0 spiro atoms. The van der Waals surface area contributed by atoms with Crippen LogP contribution in [0.25, 0.3) is 11.1 Å². The quantitative estimate of drug-likeness (QED) is 0.191. The smallest absolute Gasteiger partial charge is 0.270 e. The van der Waals surface area contributed by atoms with E-state index in [1.165, 1.54) is 11.3 Å². The number of amides is 2. The van der Waals surface area contributed by atoms with Crippen molar-refractivity contribution in [3.63, 3.8) is 0 Å². The van der Waals surface area contributed by atoms with Gasteiger partial charge in [0.1, 0.15) is 33.6 Å². The molecule has 0 bridgehead atoms. The number of rotatable bonds is 10. The maximum Gasteiger partial charge on any atom is 0.270 e. The second-order valence-electron chi connectivity index (χ2n) is 11.6. The Morgan fingerprint density at radius 3 is 2.49 bits per heavy atom. The minimum atomic E-state index is -0.661. The highest BCUT2D eigenvalue weighted by molar-refractivity contribution is 7.09. The zero-order chi connectivity index (χ0) is 32.8. The molecule has 11 nitrogen and oxygen atoms in total. The number of aromatic hydroxyl groups is 1. The van der Waals surface area contributed by atoms with Crippen LogP contribution >= 0.6 is 11.3 Å². The van der Waals surface area contributed by atoms with E-state index in [4.69, 9.17) is 9.47 Å². The van der Waals surface area contributed by atoms with Crippen LogP contribution in [0.5, 0.6) is 17.4 Å². The van der Waals surface area contributed by atoms with E-state index in [0.717, 1.165) is 42.0 Å². The number of carbonyl (C=O) groups excluding carboxylic acids is 2. The molecule has 3 heterocycles. The molecular formula is C34H36FN5O6S. The Bertz CT molecular complexity index is 1720. The number of morpholine rings is 1. The van der Waals surface area contributed by atoms with Crippen LogP contribution in [0.2, 0.25) is 0 Å². The molecule has 1 saturated carbocycles. The molecule has 2 aliphatic rings. The largest absolute Gasteiger partial charge is 0.508 e. The number of benzene rings is 2.